The molecule has 1 aromatic rings. The van der Waals surface area contributed by atoms with Crippen molar-refractivity contribution in [2.75, 3.05) is 11.9 Å². The van der Waals surface area contributed by atoms with Crippen LogP contribution in [0.4, 0.5) is 5.69 Å². The van der Waals surface area contributed by atoms with Crippen molar-refractivity contribution in [3.8, 4) is 0 Å². The lowest BCUT2D eigenvalue weighted by molar-refractivity contribution is -0.119. The number of aromatic nitrogens is 1. The van der Waals surface area contributed by atoms with Crippen LogP contribution in [0.25, 0.3) is 0 Å². The molecule has 1 saturated heterocycles. The first-order valence-corrected chi connectivity index (χ1v) is 7.10. The Balaban J connectivity index is 2.04. The van der Waals surface area contributed by atoms with Crippen molar-refractivity contribution in [1.82, 2.24) is 10.3 Å². The molecule has 2 rings (SSSR count). The van der Waals surface area contributed by atoms with Gasteiger partial charge in [-0.2, -0.15) is 0 Å². The Morgan fingerprint density at radius 2 is 2.44 bits per heavy atom. The average molecular weight is 333 g/mol. The molecule has 2 unspecified atom stereocenters. The fourth-order valence-corrected chi connectivity index (χ4v) is 2.56. The van der Waals surface area contributed by atoms with Crippen LogP contribution in [-0.2, 0) is 4.79 Å². The number of carbonyl (C=O) groups is 1. The topological polar surface area (TPSA) is 54.0 Å². The number of nitrogens with one attached hydrogen (secondary N) is 2. The summed E-state index contributed by atoms with van der Waals surface area (Å²) in [5.74, 6) is 0.334. The van der Waals surface area contributed by atoms with Crippen molar-refractivity contribution in [3.05, 3.63) is 21.9 Å². The van der Waals surface area contributed by atoms with E-state index < -0.39 is 0 Å². The van der Waals surface area contributed by atoms with E-state index in [9.17, 15) is 4.79 Å². The summed E-state index contributed by atoms with van der Waals surface area (Å²) in [4.78, 5) is 16.1. The van der Waals surface area contributed by atoms with Crippen molar-refractivity contribution in [1.29, 1.82) is 0 Å². The molecule has 98 valence electrons. The summed E-state index contributed by atoms with van der Waals surface area (Å²) in [5, 5.41) is 6.49. The van der Waals surface area contributed by atoms with Crippen LogP contribution in [-0.4, -0.2) is 23.5 Å². The third kappa shape index (κ3) is 3.22. The van der Waals surface area contributed by atoms with E-state index in [1.54, 1.807) is 12.3 Å². The van der Waals surface area contributed by atoms with Crippen LogP contribution in [0.15, 0.2) is 16.7 Å². The maximum Gasteiger partial charge on any atom is 0.241 e. The molecule has 0 spiro atoms. The number of rotatable bonds is 2. The van der Waals surface area contributed by atoms with Crippen LogP contribution in [0.2, 0.25) is 5.15 Å². The summed E-state index contributed by atoms with van der Waals surface area (Å²) in [6, 6.07) is 1.62. The number of hydrogen-bond acceptors (Lipinski definition) is 3. The van der Waals surface area contributed by atoms with Crippen LogP contribution in [0.3, 0.4) is 0 Å². The fraction of sp³-hybridized carbons (Fsp3) is 0.500. The van der Waals surface area contributed by atoms with Gasteiger partial charge in [0.15, 0.2) is 0 Å². The molecule has 1 aliphatic heterocycles. The van der Waals surface area contributed by atoms with Crippen molar-refractivity contribution in [2.45, 2.75) is 25.8 Å². The molecule has 0 aliphatic carbocycles. The minimum absolute atomic E-state index is 0.0155. The minimum Gasteiger partial charge on any atom is -0.323 e. The number of halogens is 2. The van der Waals surface area contributed by atoms with E-state index in [-0.39, 0.29) is 11.9 Å². The predicted molar refractivity (Wildman–Crippen MR) is 75.8 cm³/mol. The van der Waals surface area contributed by atoms with Gasteiger partial charge in [0, 0.05) is 0 Å². The molecule has 0 bridgehead atoms. The molecular weight excluding hydrogens is 318 g/mol. The Hall–Kier alpha value is -0.650. The number of anilines is 1. The number of carbonyl (C=O) groups excluding carboxylic acids is 1. The Kier molecular flexibility index (Phi) is 4.59. The second-order valence-electron chi connectivity index (χ2n) is 4.54. The fourth-order valence-electron chi connectivity index (χ4n) is 2.11. The molecule has 1 amide bonds. The van der Waals surface area contributed by atoms with Gasteiger partial charge in [0.05, 0.1) is 22.4 Å². The van der Waals surface area contributed by atoms with E-state index in [1.165, 1.54) is 0 Å². The first-order valence-electron chi connectivity index (χ1n) is 5.93. The molecule has 1 aromatic heterocycles. The molecule has 6 heteroatoms. The lowest BCUT2D eigenvalue weighted by atomic mass is 9.92. The molecule has 2 atom stereocenters. The lowest BCUT2D eigenvalue weighted by Crippen LogP contribution is -2.48. The van der Waals surface area contributed by atoms with Gasteiger partial charge in [-0.3, -0.25) is 4.79 Å². The summed E-state index contributed by atoms with van der Waals surface area (Å²) in [6.07, 6.45) is 3.76. The van der Waals surface area contributed by atoms with Crippen molar-refractivity contribution in [3.63, 3.8) is 0 Å². The van der Waals surface area contributed by atoms with Gasteiger partial charge in [0.2, 0.25) is 5.91 Å². The highest BCUT2D eigenvalue weighted by Gasteiger charge is 2.27. The Bertz CT molecular complexity index is 455. The second kappa shape index (κ2) is 5.99. The van der Waals surface area contributed by atoms with Gasteiger partial charge < -0.3 is 10.6 Å². The van der Waals surface area contributed by atoms with E-state index in [0.717, 1.165) is 19.4 Å². The average Bonchev–Trinajstić information content (AvgIpc) is 2.34. The van der Waals surface area contributed by atoms with Gasteiger partial charge in [0.1, 0.15) is 5.15 Å². The third-order valence-corrected chi connectivity index (χ3v) is 4.25. The zero-order chi connectivity index (χ0) is 13.1. The monoisotopic (exact) mass is 331 g/mol. The third-order valence-electron chi connectivity index (χ3n) is 3.12. The van der Waals surface area contributed by atoms with E-state index in [2.05, 4.69) is 38.5 Å². The first kappa shape index (κ1) is 13.8. The predicted octanol–water partition coefficient (Wildman–Crippen LogP) is 2.82. The molecule has 18 heavy (non-hydrogen) atoms. The minimum atomic E-state index is -0.131. The standard InChI is InChI=1S/C12H15BrClN3O/c1-7-3-2-4-15-10(7)12(18)17-8-5-9(13)11(14)16-6-8/h5-7,10,15H,2-4H2,1H3,(H,17,18). The highest BCUT2D eigenvalue weighted by atomic mass is 79.9. The molecule has 0 saturated carbocycles. The summed E-state index contributed by atoms with van der Waals surface area (Å²) in [7, 11) is 0. The van der Waals surface area contributed by atoms with Crippen LogP contribution < -0.4 is 10.6 Å². The first-order chi connectivity index (χ1) is 8.58. The van der Waals surface area contributed by atoms with Crippen molar-refractivity contribution < 1.29 is 4.79 Å². The Morgan fingerprint density at radius 1 is 1.67 bits per heavy atom. The van der Waals surface area contributed by atoms with Gasteiger partial charge in [-0.1, -0.05) is 18.5 Å². The molecule has 0 aromatic carbocycles. The molecule has 1 aliphatic rings. The highest BCUT2D eigenvalue weighted by Crippen LogP contribution is 2.23. The lowest BCUT2D eigenvalue weighted by Gasteiger charge is -2.28. The van der Waals surface area contributed by atoms with Crippen LogP contribution in [0, 0.1) is 5.92 Å². The number of pyridine rings is 1. The van der Waals surface area contributed by atoms with E-state index >= 15 is 0 Å². The zero-order valence-corrected chi connectivity index (χ0v) is 12.4. The summed E-state index contributed by atoms with van der Waals surface area (Å²) in [5.41, 5.74) is 0.649. The zero-order valence-electron chi connectivity index (χ0n) is 10.0. The van der Waals surface area contributed by atoms with Crippen LogP contribution in [0.1, 0.15) is 19.8 Å². The normalized spacial score (nSPS) is 23.7. The molecule has 0 radical (unpaired) electrons. The summed E-state index contributed by atoms with van der Waals surface area (Å²) >= 11 is 9.09. The Labute approximate surface area is 120 Å². The smallest absolute Gasteiger partial charge is 0.241 e. The molecule has 2 heterocycles. The number of nitrogens with zero attached hydrogens (tertiary/aromatic N) is 1. The number of amides is 1. The van der Waals surface area contributed by atoms with E-state index in [0.29, 0.717) is 21.2 Å². The van der Waals surface area contributed by atoms with Gasteiger partial charge in [-0.25, -0.2) is 4.98 Å². The van der Waals surface area contributed by atoms with Crippen molar-refractivity contribution >= 4 is 39.1 Å². The molecule has 1 fully saturated rings. The van der Waals surface area contributed by atoms with Gasteiger partial charge in [-0.15, -0.1) is 0 Å². The summed E-state index contributed by atoms with van der Waals surface area (Å²) < 4.78 is 0.673. The molecule has 4 nitrogen and oxygen atoms in total. The van der Waals surface area contributed by atoms with E-state index in [1.807, 2.05) is 0 Å². The van der Waals surface area contributed by atoms with Gasteiger partial charge in [0.25, 0.3) is 0 Å². The summed E-state index contributed by atoms with van der Waals surface area (Å²) in [6.45, 7) is 2.98. The largest absolute Gasteiger partial charge is 0.323 e. The van der Waals surface area contributed by atoms with Crippen LogP contribution in [0.5, 0.6) is 0 Å². The molecule has 2 N–H and O–H groups in total. The van der Waals surface area contributed by atoms with Gasteiger partial charge >= 0.3 is 0 Å². The molecular formula is C12H15BrClN3O. The van der Waals surface area contributed by atoms with E-state index in [4.69, 9.17) is 11.6 Å². The van der Waals surface area contributed by atoms with Crippen LogP contribution >= 0.6 is 27.5 Å². The second-order valence-corrected chi connectivity index (χ2v) is 5.75. The Morgan fingerprint density at radius 3 is 3.11 bits per heavy atom. The quantitative estimate of drug-likeness (QED) is 0.819. The van der Waals surface area contributed by atoms with Gasteiger partial charge in [-0.05, 0) is 47.3 Å². The highest BCUT2D eigenvalue weighted by molar-refractivity contribution is 9.10. The maximum absolute atomic E-state index is 12.1. The SMILES string of the molecule is CC1CCCNC1C(=O)Nc1cnc(Cl)c(Br)c1. The number of piperidine rings is 1. The van der Waals surface area contributed by atoms with Crippen molar-refractivity contribution in [2.24, 2.45) is 5.92 Å². The number of hydrogen-bond donors (Lipinski definition) is 2. The maximum atomic E-state index is 12.1.